The van der Waals surface area contributed by atoms with Crippen LogP contribution in [0.15, 0.2) is 28.1 Å². The molecule has 1 nitrogen and oxygen atoms in total. The van der Waals surface area contributed by atoms with E-state index >= 15 is 0 Å². The molecule has 86 valence electrons. The summed E-state index contributed by atoms with van der Waals surface area (Å²) < 4.78 is 2.57. The minimum atomic E-state index is 0.566. The summed E-state index contributed by atoms with van der Waals surface area (Å²) in [4.78, 5) is 0. The molecule has 0 saturated carbocycles. The second-order valence-corrected chi connectivity index (χ2v) is 5.97. The van der Waals surface area contributed by atoms with Crippen molar-refractivity contribution in [1.29, 1.82) is 0 Å². The summed E-state index contributed by atoms with van der Waals surface area (Å²) in [6.07, 6.45) is 1.11. The Kier molecular flexibility index (Phi) is 4.00. The molecule has 0 aliphatic heterocycles. The fraction of sp³-hybridized carbons (Fsp3) is 0.385. The summed E-state index contributed by atoms with van der Waals surface area (Å²) in [7, 11) is 0. The Morgan fingerprint density at radius 3 is 2.94 bits per heavy atom. The number of hydrogen-bond acceptors (Lipinski definition) is 2. The zero-order chi connectivity index (χ0) is 11.5. The summed E-state index contributed by atoms with van der Waals surface area (Å²) in [5, 5.41) is 7.12. The Bertz CT molecular complexity index is 476. The minimum absolute atomic E-state index is 0.566. The van der Waals surface area contributed by atoms with Crippen molar-refractivity contribution in [2.45, 2.75) is 26.3 Å². The van der Waals surface area contributed by atoms with Crippen LogP contribution >= 0.6 is 27.3 Å². The van der Waals surface area contributed by atoms with E-state index in [1.165, 1.54) is 20.1 Å². The van der Waals surface area contributed by atoms with Crippen LogP contribution in [0.1, 0.15) is 19.4 Å². The second-order valence-electron chi connectivity index (χ2n) is 4.24. The van der Waals surface area contributed by atoms with Gasteiger partial charge in [-0.3, -0.25) is 0 Å². The van der Waals surface area contributed by atoms with E-state index in [2.05, 4.69) is 58.7 Å². The van der Waals surface area contributed by atoms with E-state index in [1.807, 2.05) is 11.3 Å². The largest absolute Gasteiger partial charge is 0.314 e. The summed E-state index contributed by atoms with van der Waals surface area (Å²) in [6, 6.07) is 6.99. The standard InChI is InChI=1S/C13H16BrNS/c1-9(2)15-7-6-10-8-16-13-11(10)4-3-5-12(13)14/h3-5,8-9,15H,6-7H2,1-2H3. The Morgan fingerprint density at radius 2 is 2.19 bits per heavy atom. The molecule has 0 amide bonds. The van der Waals surface area contributed by atoms with Gasteiger partial charge in [0.2, 0.25) is 0 Å². The lowest BCUT2D eigenvalue weighted by atomic mass is 10.1. The van der Waals surface area contributed by atoms with E-state index in [9.17, 15) is 0 Å². The first-order valence-corrected chi connectivity index (χ1v) is 7.23. The van der Waals surface area contributed by atoms with Gasteiger partial charge in [0.15, 0.2) is 0 Å². The molecule has 0 aliphatic rings. The Hall–Kier alpha value is -0.380. The molecular formula is C13H16BrNS. The molecular weight excluding hydrogens is 282 g/mol. The summed E-state index contributed by atoms with van der Waals surface area (Å²) in [5.74, 6) is 0. The zero-order valence-corrected chi connectivity index (χ0v) is 12.0. The Balaban J connectivity index is 2.16. The van der Waals surface area contributed by atoms with Crippen LogP contribution in [0.2, 0.25) is 0 Å². The van der Waals surface area contributed by atoms with Crippen molar-refractivity contribution in [3.05, 3.63) is 33.6 Å². The zero-order valence-electron chi connectivity index (χ0n) is 9.59. The van der Waals surface area contributed by atoms with E-state index in [0.29, 0.717) is 6.04 Å². The molecule has 0 atom stereocenters. The van der Waals surface area contributed by atoms with E-state index in [-0.39, 0.29) is 0 Å². The molecule has 0 bridgehead atoms. The van der Waals surface area contributed by atoms with Crippen LogP contribution in [0, 0.1) is 0 Å². The van der Waals surface area contributed by atoms with Crippen LogP contribution in [-0.4, -0.2) is 12.6 Å². The summed E-state index contributed by atoms with van der Waals surface area (Å²) in [5.41, 5.74) is 1.45. The number of thiophene rings is 1. The third-order valence-electron chi connectivity index (χ3n) is 2.58. The number of benzene rings is 1. The minimum Gasteiger partial charge on any atom is -0.314 e. The van der Waals surface area contributed by atoms with Gasteiger partial charge in [0.1, 0.15) is 0 Å². The number of halogens is 1. The highest BCUT2D eigenvalue weighted by molar-refractivity contribution is 9.10. The van der Waals surface area contributed by atoms with Crippen molar-refractivity contribution < 1.29 is 0 Å². The first-order chi connectivity index (χ1) is 7.68. The average Bonchev–Trinajstić information content (AvgIpc) is 2.63. The van der Waals surface area contributed by atoms with Crippen LogP contribution in [-0.2, 0) is 6.42 Å². The topological polar surface area (TPSA) is 12.0 Å². The van der Waals surface area contributed by atoms with Crippen molar-refractivity contribution in [2.75, 3.05) is 6.54 Å². The maximum absolute atomic E-state index is 3.60. The molecule has 0 spiro atoms. The highest BCUT2D eigenvalue weighted by Crippen LogP contribution is 2.32. The van der Waals surface area contributed by atoms with E-state index in [4.69, 9.17) is 0 Å². The molecule has 1 aromatic heterocycles. The molecule has 0 aliphatic carbocycles. The quantitative estimate of drug-likeness (QED) is 0.892. The fourth-order valence-electron chi connectivity index (χ4n) is 1.76. The van der Waals surface area contributed by atoms with Gasteiger partial charge in [0.05, 0.1) is 0 Å². The number of nitrogens with one attached hydrogen (secondary N) is 1. The maximum Gasteiger partial charge on any atom is 0.0487 e. The van der Waals surface area contributed by atoms with Crippen LogP contribution < -0.4 is 5.32 Å². The fourth-order valence-corrected chi connectivity index (χ4v) is 3.42. The SMILES string of the molecule is CC(C)NCCc1csc2c(Br)cccc12. The molecule has 2 rings (SSSR count). The van der Waals surface area contributed by atoms with Crippen LogP contribution in [0.3, 0.4) is 0 Å². The molecule has 0 unspecified atom stereocenters. The van der Waals surface area contributed by atoms with Gasteiger partial charge in [0.25, 0.3) is 0 Å². The third kappa shape index (κ3) is 2.65. The Labute approximate surface area is 109 Å². The second kappa shape index (κ2) is 5.30. The molecule has 1 aromatic carbocycles. The maximum atomic E-state index is 3.60. The van der Waals surface area contributed by atoms with Gasteiger partial charge in [0, 0.05) is 15.2 Å². The highest BCUT2D eigenvalue weighted by atomic mass is 79.9. The molecule has 0 saturated heterocycles. The smallest absolute Gasteiger partial charge is 0.0487 e. The van der Waals surface area contributed by atoms with Crippen molar-refractivity contribution in [1.82, 2.24) is 5.32 Å². The van der Waals surface area contributed by atoms with Gasteiger partial charge in [-0.1, -0.05) is 26.0 Å². The van der Waals surface area contributed by atoms with Crippen molar-refractivity contribution in [3.8, 4) is 0 Å². The molecule has 1 N–H and O–H groups in total. The van der Waals surface area contributed by atoms with Gasteiger partial charge in [-0.2, -0.15) is 0 Å². The van der Waals surface area contributed by atoms with E-state index in [0.717, 1.165) is 13.0 Å². The number of rotatable bonds is 4. The lowest BCUT2D eigenvalue weighted by Gasteiger charge is -2.07. The van der Waals surface area contributed by atoms with Crippen molar-refractivity contribution in [2.24, 2.45) is 0 Å². The van der Waals surface area contributed by atoms with Crippen LogP contribution in [0.4, 0.5) is 0 Å². The first kappa shape index (κ1) is 12.1. The molecule has 16 heavy (non-hydrogen) atoms. The molecule has 3 heteroatoms. The predicted molar refractivity (Wildman–Crippen MR) is 76.4 cm³/mol. The van der Waals surface area contributed by atoms with Crippen molar-refractivity contribution in [3.63, 3.8) is 0 Å². The monoisotopic (exact) mass is 297 g/mol. The predicted octanol–water partition coefficient (Wildman–Crippen LogP) is 4.20. The van der Waals surface area contributed by atoms with Gasteiger partial charge in [-0.15, -0.1) is 11.3 Å². The molecule has 2 aromatic rings. The van der Waals surface area contributed by atoms with Crippen LogP contribution in [0.5, 0.6) is 0 Å². The first-order valence-electron chi connectivity index (χ1n) is 5.56. The number of fused-ring (bicyclic) bond motifs is 1. The number of hydrogen-bond donors (Lipinski definition) is 1. The lowest BCUT2D eigenvalue weighted by molar-refractivity contribution is 0.591. The highest BCUT2D eigenvalue weighted by Gasteiger charge is 2.06. The Morgan fingerprint density at radius 1 is 1.38 bits per heavy atom. The molecule has 0 fully saturated rings. The molecule has 1 heterocycles. The summed E-state index contributed by atoms with van der Waals surface area (Å²) >= 11 is 5.42. The van der Waals surface area contributed by atoms with Crippen molar-refractivity contribution >= 4 is 37.4 Å². The van der Waals surface area contributed by atoms with Gasteiger partial charge in [-0.25, -0.2) is 0 Å². The average molecular weight is 298 g/mol. The third-order valence-corrected chi connectivity index (χ3v) is 4.58. The van der Waals surface area contributed by atoms with Gasteiger partial charge in [-0.05, 0) is 51.3 Å². The lowest BCUT2D eigenvalue weighted by Crippen LogP contribution is -2.24. The van der Waals surface area contributed by atoms with Gasteiger partial charge >= 0.3 is 0 Å². The van der Waals surface area contributed by atoms with Crippen LogP contribution in [0.25, 0.3) is 10.1 Å². The summed E-state index contributed by atoms with van der Waals surface area (Å²) in [6.45, 7) is 5.42. The normalized spacial score (nSPS) is 11.5. The van der Waals surface area contributed by atoms with Gasteiger partial charge < -0.3 is 5.32 Å². The molecule has 0 radical (unpaired) electrons. The van der Waals surface area contributed by atoms with E-state index in [1.54, 1.807) is 0 Å². The van der Waals surface area contributed by atoms with E-state index < -0.39 is 0 Å².